The summed E-state index contributed by atoms with van der Waals surface area (Å²) >= 11 is 0. The predicted octanol–water partition coefficient (Wildman–Crippen LogP) is 6.11. The average Bonchev–Trinajstić information content (AvgIpc) is 2.97. The van der Waals surface area contributed by atoms with Crippen LogP contribution in [-0.4, -0.2) is 21.9 Å². The number of ether oxygens (including phenoxy) is 2. The van der Waals surface area contributed by atoms with Gasteiger partial charge in [-0.3, -0.25) is 4.79 Å². The molecule has 34 heavy (non-hydrogen) atoms. The van der Waals surface area contributed by atoms with Gasteiger partial charge in [0, 0.05) is 22.1 Å². The molecule has 0 radical (unpaired) electrons. The van der Waals surface area contributed by atoms with Crippen LogP contribution in [0.3, 0.4) is 0 Å². The molecule has 0 aliphatic carbocycles. The van der Waals surface area contributed by atoms with Crippen LogP contribution in [0.5, 0.6) is 23.0 Å². The van der Waals surface area contributed by atoms with Gasteiger partial charge in [-0.05, 0) is 53.2 Å². The van der Waals surface area contributed by atoms with Gasteiger partial charge in [0.05, 0.1) is 5.39 Å². The first kappa shape index (κ1) is 22.4. The third-order valence-electron chi connectivity index (χ3n) is 7.09. The summed E-state index contributed by atoms with van der Waals surface area (Å²) in [6.45, 7) is 13.7. The van der Waals surface area contributed by atoms with E-state index in [0.29, 0.717) is 23.3 Å². The van der Waals surface area contributed by atoms with Gasteiger partial charge >= 0.3 is 0 Å². The summed E-state index contributed by atoms with van der Waals surface area (Å²) in [4.78, 5) is 13.8. The normalized spacial score (nSPS) is 19.4. The number of phenolic OH excluding ortho intramolecular Hbond substituents is 2. The van der Waals surface area contributed by atoms with Crippen LogP contribution in [0.15, 0.2) is 33.0 Å². The number of allylic oxidation sites excluding steroid dienone is 2. The summed E-state index contributed by atoms with van der Waals surface area (Å²) in [5.74, 6) is 0.445. The van der Waals surface area contributed by atoms with E-state index in [1.807, 2.05) is 66.7 Å². The van der Waals surface area contributed by atoms with Gasteiger partial charge in [0.25, 0.3) is 0 Å². The van der Waals surface area contributed by atoms with E-state index in [9.17, 15) is 15.0 Å². The molecule has 2 N–H and O–H groups in total. The third kappa shape index (κ3) is 3.04. The molecule has 1 unspecified atom stereocenters. The lowest BCUT2D eigenvalue weighted by molar-refractivity contribution is 0.153. The van der Waals surface area contributed by atoms with Crippen molar-refractivity contribution in [3.8, 4) is 23.0 Å². The molecule has 2 aliphatic rings. The second kappa shape index (κ2) is 7.05. The number of aromatic hydroxyl groups is 2. The molecule has 6 heteroatoms. The molecule has 6 nitrogen and oxygen atoms in total. The Kier molecular flexibility index (Phi) is 4.64. The summed E-state index contributed by atoms with van der Waals surface area (Å²) in [6, 6.07) is 1.65. The van der Waals surface area contributed by atoms with Crippen LogP contribution in [0.4, 0.5) is 0 Å². The standard InChI is InChI=1S/C28H30O6/c1-13(2)8-9-16-20(29)18-21(30)17-12-15-10-11-27(4,5)34-23(15)22(31)25(17)33-26(18)19-24(16)32-14(3)28(19,6)7/h8,10-12,14,29,31H,9H2,1-7H3. The Morgan fingerprint density at radius 3 is 2.47 bits per heavy atom. The molecule has 178 valence electrons. The van der Waals surface area contributed by atoms with Crippen LogP contribution in [0.2, 0.25) is 0 Å². The average molecular weight is 463 g/mol. The Bertz CT molecular complexity index is 1500. The maximum Gasteiger partial charge on any atom is 0.204 e. The van der Waals surface area contributed by atoms with Crippen molar-refractivity contribution < 1.29 is 24.1 Å². The summed E-state index contributed by atoms with van der Waals surface area (Å²) < 4.78 is 18.5. The highest BCUT2D eigenvalue weighted by Gasteiger charge is 2.44. The second-order valence-corrected chi connectivity index (χ2v) is 10.7. The van der Waals surface area contributed by atoms with E-state index in [4.69, 9.17) is 13.9 Å². The number of fused-ring (bicyclic) bond motifs is 5. The van der Waals surface area contributed by atoms with E-state index in [1.54, 1.807) is 6.07 Å². The van der Waals surface area contributed by atoms with Crippen molar-refractivity contribution in [2.75, 3.05) is 0 Å². The summed E-state index contributed by atoms with van der Waals surface area (Å²) in [6.07, 6.45) is 5.91. The third-order valence-corrected chi connectivity index (χ3v) is 7.09. The van der Waals surface area contributed by atoms with Crippen LogP contribution in [-0.2, 0) is 11.8 Å². The molecule has 3 aromatic rings. The fourth-order valence-corrected chi connectivity index (χ4v) is 4.78. The lowest BCUT2D eigenvalue weighted by atomic mass is 9.79. The van der Waals surface area contributed by atoms with E-state index in [2.05, 4.69) is 0 Å². The van der Waals surface area contributed by atoms with Crippen molar-refractivity contribution in [1.29, 1.82) is 0 Å². The zero-order chi connectivity index (χ0) is 24.7. The Morgan fingerprint density at radius 1 is 1.09 bits per heavy atom. The summed E-state index contributed by atoms with van der Waals surface area (Å²) in [5, 5.41) is 22.7. The number of hydrogen-bond acceptors (Lipinski definition) is 6. The molecular weight excluding hydrogens is 432 g/mol. The highest BCUT2D eigenvalue weighted by Crippen LogP contribution is 2.53. The lowest BCUT2D eigenvalue weighted by Gasteiger charge is -2.28. The van der Waals surface area contributed by atoms with Crippen molar-refractivity contribution in [3.63, 3.8) is 0 Å². The van der Waals surface area contributed by atoms with Gasteiger partial charge in [-0.1, -0.05) is 31.6 Å². The fourth-order valence-electron chi connectivity index (χ4n) is 4.78. The minimum atomic E-state index is -0.611. The van der Waals surface area contributed by atoms with Crippen LogP contribution in [0.1, 0.15) is 65.2 Å². The van der Waals surface area contributed by atoms with E-state index in [1.165, 1.54) is 0 Å². The van der Waals surface area contributed by atoms with Gasteiger partial charge in [0.1, 0.15) is 34.2 Å². The van der Waals surface area contributed by atoms with Crippen molar-refractivity contribution >= 4 is 28.0 Å². The molecule has 0 amide bonds. The van der Waals surface area contributed by atoms with Gasteiger partial charge in [-0.15, -0.1) is 0 Å². The minimum absolute atomic E-state index is 0.0383. The zero-order valence-corrected chi connectivity index (χ0v) is 20.6. The molecule has 0 spiro atoms. The molecular formula is C28H30O6. The molecule has 0 bridgehead atoms. The lowest BCUT2D eigenvalue weighted by Crippen LogP contribution is -2.29. The topological polar surface area (TPSA) is 89.1 Å². The Labute approximate surface area is 198 Å². The molecule has 1 atom stereocenters. The number of phenols is 2. The van der Waals surface area contributed by atoms with Crippen LogP contribution < -0.4 is 14.9 Å². The SMILES string of the molecule is CC(C)=CCc1c2c(c3oc4c(O)c5c(cc4c(=O)c3c1O)C=CC(C)(C)O5)C(C)(C)C(C)O2. The highest BCUT2D eigenvalue weighted by atomic mass is 16.5. The summed E-state index contributed by atoms with van der Waals surface area (Å²) in [7, 11) is 0. The molecule has 5 rings (SSSR count). The van der Waals surface area contributed by atoms with Crippen LogP contribution in [0, 0.1) is 0 Å². The Morgan fingerprint density at radius 2 is 1.79 bits per heavy atom. The quantitative estimate of drug-likeness (QED) is 0.353. The maximum absolute atomic E-state index is 13.8. The zero-order valence-electron chi connectivity index (χ0n) is 20.6. The maximum atomic E-state index is 13.8. The van der Waals surface area contributed by atoms with E-state index in [-0.39, 0.29) is 45.3 Å². The molecule has 2 aromatic carbocycles. The van der Waals surface area contributed by atoms with E-state index in [0.717, 1.165) is 11.1 Å². The largest absolute Gasteiger partial charge is 0.507 e. The predicted molar refractivity (Wildman–Crippen MR) is 133 cm³/mol. The Hall–Kier alpha value is -3.41. The monoisotopic (exact) mass is 462 g/mol. The minimum Gasteiger partial charge on any atom is -0.507 e. The van der Waals surface area contributed by atoms with Gasteiger partial charge in [0.2, 0.25) is 11.2 Å². The van der Waals surface area contributed by atoms with Crippen molar-refractivity contribution in [1.82, 2.24) is 0 Å². The molecule has 0 saturated carbocycles. The van der Waals surface area contributed by atoms with E-state index < -0.39 is 16.4 Å². The van der Waals surface area contributed by atoms with Crippen LogP contribution in [0.25, 0.3) is 28.0 Å². The molecule has 0 fully saturated rings. The molecule has 3 heterocycles. The molecule has 1 aromatic heterocycles. The molecule has 2 aliphatic heterocycles. The van der Waals surface area contributed by atoms with Gasteiger partial charge in [-0.25, -0.2) is 0 Å². The second-order valence-electron chi connectivity index (χ2n) is 10.7. The number of hydrogen-bond donors (Lipinski definition) is 2. The van der Waals surface area contributed by atoms with Crippen molar-refractivity contribution in [2.24, 2.45) is 0 Å². The summed E-state index contributed by atoms with van der Waals surface area (Å²) in [5.41, 5.74) is 1.74. The van der Waals surface area contributed by atoms with Crippen molar-refractivity contribution in [3.05, 3.63) is 50.7 Å². The van der Waals surface area contributed by atoms with E-state index >= 15 is 0 Å². The first-order chi connectivity index (χ1) is 15.8. The smallest absolute Gasteiger partial charge is 0.204 e. The Balaban J connectivity index is 1.94. The van der Waals surface area contributed by atoms with Crippen LogP contribution >= 0.6 is 0 Å². The first-order valence-electron chi connectivity index (χ1n) is 11.6. The van der Waals surface area contributed by atoms with Crippen molar-refractivity contribution in [2.45, 2.75) is 72.0 Å². The fraction of sp³-hybridized carbons (Fsp3) is 0.393. The first-order valence-corrected chi connectivity index (χ1v) is 11.6. The number of rotatable bonds is 2. The van der Waals surface area contributed by atoms with Gasteiger partial charge in [0.15, 0.2) is 11.3 Å². The van der Waals surface area contributed by atoms with Gasteiger partial charge < -0.3 is 24.1 Å². The number of benzene rings is 2. The molecule has 0 saturated heterocycles. The highest BCUT2D eigenvalue weighted by molar-refractivity contribution is 6.01. The van der Waals surface area contributed by atoms with Gasteiger partial charge in [-0.2, -0.15) is 0 Å².